The number of ether oxygens (including phenoxy) is 2. The van der Waals surface area contributed by atoms with Gasteiger partial charge < -0.3 is 14.8 Å². The molecule has 0 radical (unpaired) electrons. The molecule has 1 N–H and O–H groups in total. The van der Waals surface area contributed by atoms with E-state index >= 15 is 0 Å². The summed E-state index contributed by atoms with van der Waals surface area (Å²) in [5.41, 5.74) is 0.416. The van der Waals surface area contributed by atoms with E-state index < -0.39 is 5.69 Å². The molecule has 0 bridgehead atoms. The largest absolute Gasteiger partial charge is 0.497 e. The van der Waals surface area contributed by atoms with Gasteiger partial charge in [0.1, 0.15) is 17.0 Å². The maximum atomic E-state index is 13.1. The van der Waals surface area contributed by atoms with Crippen LogP contribution < -0.4 is 21.3 Å². The number of thiophene rings is 1. The van der Waals surface area contributed by atoms with Crippen LogP contribution in [0.15, 0.2) is 45.3 Å². The van der Waals surface area contributed by atoms with Crippen molar-refractivity contribution in [2.75, 3.05) is 20.3 Å². The Bertz CT molecular complexity index is 1160. The molecule has 1 aliphatic heterocycles. The molecule has 1 aliphatic rings. The molecule has 1 aromatic carbocycles. The summed E-state index contributed by atoms with van der Waals surface area (Å²) in [7, 11) is 1.58. The molecule has 0 saturated carbocycles. The van der Waals surface area contributed by atoms with Crippen LogP contribution in [-0.2, 0) is 22.6 Å². The summed E-state index contributed by atoms with van der Waals surface area (Å²) in [5.74, 6) is 0.412. The third kappa shape index (κ3) is 4.17. The van der Waals surface area contributed by atoms with Crippen molar-refractivity contribution in [3.63, 3.8) is 0 Å². The molecule has 1 atom stereocenters. The number of fused-ring (bicyclic) bond motifs is 1. The SMILES string of the molecule is COc1ccc(Cn2c(=O)c3sccc3n(CC(=O)NCC3CCCO3)c2=O)cc1. The van der Waals surface area contributed by atoms with E-state index in [0.717, 1.165) is 18.4 Å². The number of amides is 1. The quantitative estimate of drug-likeness (QED) is 0.616. The summed E-state index contributed by atoms with van der Waals surface area (Å²) >= 11 is 1.26. The van der Waals surface area contributed by atoms with E-state index in [1.54, 1.807) is 30.7 Å². The minimum absolute atomic E-state index is 0.0239. The third-order valence-corrected chi connectivity index (χ3v) is 6.08. The number of hydrogen-bond donors (Lipinski definition) is 1. The van der Waals surface area contributed by atoms with E-state index in [4.69, 9.17) is 9.47 Å². The summed E-state index contributed by atoms with van der Waals surface area (Å²) in [6.07, 6.45) is 1.93. The molecular weight excluding hydrogens is 406 g/mol. The van der Waals surface area contributed by atoms with Gasteiger partial charge in [0.15, 0.2) is 0 Å². The van der Waals surface area contributed by atoms with Crippen molar-refractivity contribution in [3.8, 4) is 5.75 Å². The molecular formula is C21H23N3O5S. The number of benzene rings is 1. The van der Waals surface area contributed by atoms with Crippen molar-refractivity contribution in [3.05, 3.63) is 62.1 Å². The number of hydrogen-bond acceptors (Lipinski definition) is 6. The Labute approximate surface area is 176 Å². The Balaban J connectivity index is 1.62. The predicted octanol–water partition coefficient (Wildman–Crippen LogP) is 1.58. The van der Waals surface area contributed by atoms with E-state index in [0.29, 0.717) is 29.1 Å². The van der Waals surface area contributed by atoms with Gasteiger partial charge in [0.05, 0.1) is 25.3 Å². The van der Waals surface area contributed by atoms with Gasteiger partial charge in [0.25, 0.3) is 5.56 Å². The summed E-state index contributed by atoms with van der Waals surface area (Å²) < 4.78 is 13.7. The minimum Gasteiger partial charge on any atom is -0.497 e. The molecule has 4 rings (SSSR count). The van der Waals surface area contributed by atoms with Gasteiger partial charge in [-0.15, -0.1) is 11.3 Å². The van der Waals surface area contributed by atoms with Gasteiger partial charge >= 0.3 is 5.69 Å². The average Bonchev–Trinajstić information content (AvgIpc) is 3.45. The molecule has 1 saturated heterocycles. The molecule has 1 fully saturated rings. The molecule has 8 nitrogen and oxygen atoms in total. The van der Waals surface area contributed by atoms with Gasteiger partial charge in [-0.1, -0.05) is 12.1 Å². The molecule has 1 unspecified atom stereocenters. The van der Waals surface area contributed by atoms with Gasteiger partial charge in [-0.3, -0.25) is 18.7 Å². The first-order valence-corrected chi connectivity index (χ1v) is 10.7. The van der Waals surface area contributed by atoms with Crippen LogP contribution in [0.3, 0.4) is 0 Å². The first-order chi connectivity index (χ1) is 14.6. The highest BCUT2D eigenvalue weighted by Gasteiger charge is 2.19. The predicted molar refractivity (Wildman–Crippen MR) is 114 cm³/mol. The Morgan fingerprint density at radius 2 is 2.03 bits per heavy atom. The lowest BCUT2D eigenvalue weighted by atomic mass is 10.2. The van der Waals surface area contributed by atoms with E-state index in [2.05, 4.69) is 5.32 Å². The van der Waals surface area contributed by atoms with Crippen LogP contribution in [0.2, 0.25) is 0 Å². The zero-order chi connectivity index (χ0) is 21.1. The third-order valence-electron chi connectivity index (χ3n) is 5.19. The number of nitrogens with one attached hydrogen (secondary N) is 1. The number of nitrogens with zero attached hydrogens (tertiary/aromatic N) is 2. The average molecular weight is 429 g/mol. The van der Waals surface area contributed by atoms with Crippen LogP contribution >= 0.6 is 11.3 Å². The van der Waals surface area contributed by atoms with Gasteiger partial charge in [-0.25, -0.2) is 4.79 Å². The van der Waals surface area contributed by atoms with Crippen LogP contribution in [0.4, 0.5) is 0 Å². The van der Waals surface area contributed by atoms with Gasteiger partial charge in [0.2, 0.25) is 5.91 Å². The van der Waals surface area contributed by atoms with Gasteiger partial charge in [-0.2, -0.15) is 0 Å². The second-order valence-electron chi connectivity index (χ2n) is 7.18. The lowest BCUT2D eigenvalue weighted by molar-refractivity contribution is -0.122. The molecule has 3 aromatic rings. The molecule has 9 heteroatoms. The highest BCUT2D eigenvalue weighted by Crippen LogP contribution is 2.16. The van der Waals surface area contributed by atoms with Crippen LogP contribution in [0, 0.1) is 0 Å². The molecule has 0 spiro atoms. The molecule has 158 valence electrons. The molecule has 2 aromatic heterocycles. The van der Waals surface area contributed by atoms with Crippen molar-refractivity contribution >= 4 is 27.5 Å². The lowest BCUT2D eigenvalue weighted by Crippen LogP contribution is -2.43. The molecule has 1 amide bonds. The van der Waals surface area contributed by atoms with E-state index in [1.165, 1.54) is 20.5 Å². The monoisotopic (exact) mass is 429 g/mol. The summed E-state index contributed by atoms with van der Waals surface area (Å²) in [6.45, 7) is 1.10. The van der Waals surface area contributed by atoms with Crippen LogP contribution in [-0.4, -0.2) is 41.4 Å². The van der Waals surface area contributed by atoms with E-state index in [9.17, 15) is 14.4 Å². The first-order valence-electron chi connectivity index (χ1n) is 9.79. The Morgan fingerprint density at radius 1 is 1.23 bits per heavy atom. The smallest absolute Gasteiger partial charge is 0.332 e. The van der Waals surface area contributed by atoms with Gasteiger partial charge in [-0.05, 0) is 42.0 Å². The fourth-order valence-corrected chi connectivity index (χ4v) is 4.41. The zero-order valence-electron chi connectivity index (χ0n) is 16.6. The van der Waals surface area contributed by atoms with Crippen molar-refractivity contribution < 1.29 is 14.3 Å². The first kappa shape index (κ1) is 20.4. The molecule has 0 aliphatic carbocycles. The van der Waals surface area contributed by atoms with Crippen molar-refractivity contribution in [2.24, 2.45) is 0 Å². The minimum atomic E-state index is -0.506. The number of carbonyl (C=O) groups excluding carboxylic acids is 1. The summed E-state index contributed by atoms with van der Waals surface area (Å²) in [6, 6.07) is 8.88. The Kier molecular flexibility index (Phi) is 6.01. The van der Waals surface area contributed by atoms with E-state index in [-0.39, 0.29) is 30.7 Å². The fourth-order valence-electron chi connectivity index (χ4n) is 3.57. The standard InChI is InChI=1S/C21H23N3O5S/c1-28-15-6-4-14(5-7-15)12-24-20(26)19-17(8-10-30-19)23(21(24)27)13-18(25)22-11-16-3-2-9-29-16/h4-8,10,16H,2-3,9,11-13H2,1H3,(H,22,25). The fraction of sp³-hybridized carbons (Fsp3) is 0.381. The highest BCUT2D eigenvalue weighted by molar-refractivity contribution is 7.17. The van der Waals surface area contributed by atoms with Crippen LogP contribution in [0.1, 0.15) is 18.4 Å². The van der Waals surface area contributed by atoms with Crippen molar-refractivity contribution in [1.82, 2.24) is 14.5 Å². The molecule has 3 heterocycles. The number of rotatable bonds is 7. The second-order valence-corrected chi connectivity index (χ2v) is 8.10. The topological polar surface area (TPSA) is 91.6 Å². The van der Waals surface area contributed by atoms with E-state index in [1.807, 2.05) is 12.1 Å². The second kappa shape index (κ2) is 8.85. The normalized spacial score (nSPS) is 16.1. The lowest BCUT2D eigenvalue weighted by Gasteiger charge is -2.14. The summed E-state index contributed by atoms with van der Waals surface area (Å²) in [5, 5.41) is 4.59. The van der Waals surface area contributed by atoms with Crippen molar-refractivity contribution in [2.45, 2.75) is 32.0 Å². The molecule has 30 heavy (non-hydrogen) atoms. The highest BCUT2D eigenvalue weighted by atomic mass is 32.1. The zero-order valence-corrected chi connectivity index (χ0v) is 17.4. The Morgan fingerprint density at radius 3 is 2.73 bits per heavy atom. The van der Waals surface area contributed by atoms with Crippen molar-refractivity contribution in [1.29, 1.82) is 0 Å². The number of methoxy groups -OCH3 is 1. The number of carbonyl (C=O) groups is 1. The Hall–Kier alpha value is -2.91. The summed E-state index contributed by atoms with van der Waals surface area (Å²) in [4.78, 5) is 38.5. The van der Waals surface area contributed by atoms with Crippen LogP contribution in [0.5, 0.6) is 5.75 Å². The number of aromatic nitrogens is 2. The van der Waals surface area contributed by atoms with Gasteiger partial charge in [0, 0.05) is 13.2 Å². The maximum absolute atomic E-state index is 13.1. The maximum Gasteiger partial charge on any atom is 0.332 e. The van der Waals surface area contributed by atoms with Crippen LogP contribution in [0.25, 0.3) is 10.2 Å².